The number of aromatic amines is 1. The number of nitrogens with zero attached hydrogens (tertiary/aromatic N) is 3. The Labute approximate surface area is 172 Å². The molecule has 0 bridgehead atoms. The molecule has 3 aliphatic rings. The minimum atomic E-state index is -3.46. The third-order valence-corrected chi connectivity index (χ3v) is 6.90. The van der Waals surface area contributed by atoms with Crippen LogP contribution in [0.15, 0.2) is 35.4 Å². The molecule has 4 rings (SSSR count). The summed E-state index contributed by atoms with van der Waals surface area (Å²) in [5.74, 6) is -0.166. The Balaban J connectivity index is 1.90. The van der Waals surface area contributed by atoms with E-state index in [1.54, 1.807) is 22.8 Å². The van der Waals surface area contributed by atoms with Crippen LogP contribution in [0, 0.1) is 0 Å². The number of pyridine rings is 1. The number of hydrogen-bond donors (Lipinski definition) is 1. The van der Waals surface area contributed by atoms with E-state index in [2.05, 4.69) is 10.2 Å². The zero-order valence-electron chi connectivity index (χ0n) is 16.4. The summed E-state index contributed by atoms with van der Waals surface area (Å²) >= 11 is 0. The van der Waals surface area contributed by atoms with Gasteiger partial charge in [0.05, 0.1) is 31.2 Å². The van der Waals surface area contributed by atoms with Gasteiger partial charge in [0.2, 0.25) is 10.0 Å². The smallest absolute Gasteiger partial charge is 0.341 e. The van der Waals surface area contributed by atoms with Gasteiger partial charge in [-0.25, -0.2) is 18.3 Å². The van der Waals surface area contributed by atoms with Gasteiger partial charge >= 0.3 is 5.97 Å². The Morgan fingerprint density at radius 2 is 2.00 bits per heavy atom. The number of H-pyrrole nitrogens is 1. The maximum absolute atomic E-state index is 12.6. The molecule has 11 heteroatoms. The maximum atomic E-state index is 12.6. The highest BCUT2D eigenvalue weighted by molar-refractivity contribution is 7.92. The molecule has 1 saturated heterocycles. The molecule has 1 aromatic carbocycles. The molecule has 30 heavy (non-hydrogen) atoms. The predicted octanol–water partition coefficient (Wildman–Crippen LogP) is 1.39. The van der Waals surface area contributed by atoms with E-state index >= 15 is 0 Å². The fraction of sp³-hybridized carbons (Fsp3) is 0.316. The van der Waals surface area contributed by atoms with E-state index in [1.165, 1.54) is 30.9 Å². The molecule has 0 aliphatic carbocycles. The van der Waals surface area contributed by atoms with Crippen LogP contribution in [0.4, 0.5) is 5.69 Å². The van der Waals surface area contributed by atoms with Crippen LogP contribution in [0.2, 0.25) is 0 Å². The standard InChI is InChI=1S/C19H20N4O6S/c1-28-16-6-5-12(9-15(16)23-7-3-4-8-30(23,26)27)22-10-13-17(20-21-18(13)24)14(11-22)19(25)29-2/h5-6,9-11H,3-4,7-8H2,1-2H3,(H,21,24). The molecule has 1 fully saturated rings. The summed E-state index contributed by atoms with van der Waals surface area (Å²) in [7, 11) is -0.751. The summed E-state index contributed by atoms with van der Waals surface area (Å²) < 4.78 is 38.3. The number of sulfonamides is 1. The highest BCUT2D eigenvalue weighted by Gasteiger charge is 2.29. The van der Waals surface area contributed by atoms with Gasteiger partial charge in [0.15, 0.2) is 0 Å². The molecule has 0 unspecified atom stereocenters. The first kappa shape index (κ1) is 20.0. The van der Waals surface area contributed by atoms with E-state index in [0.29, 0.717) is 30.1 Å². The van der Waals surface area contributed by atoms with Crippen molar-refractivity contribution in [3.63, 3.8) is 0 Å². The van der Waals surface area contributed by atoms with Crippen LogP contribution < -0.4 is 14.6 Å². The molecule has 158 valence electrons. The number of anilines is 1. The Kier molecular flexibility index (Phi) is 4.98. The zero-order valence-corrected chi connectivity index (χ0v) is 17.2. The Morgan fingerprint density at radius 3 is 2.70 bits per heavy atom. The molecular formula is C19H20N4O6S. The molecule has 0 saturated carbocycles. The molecule has 0 radical (unpaired) electrons. The van der Waals surface area contributed by atoms with Crippen LogP contribution in [-0.2, 0) is 14.8 Å². The van der Waals surface area contributed by atoms with Crippen LogP contribution in [0.3, 0.4) is 0 Å². The topological polar surface area (TPSA) is 124 Å². The number of fused-ring (bicyclic) bond motifs is 1. The Morgan fingerprint density at radius 1 is 1.20 bits per heavy atom. The van der Waals surface area contributed by atoms with Gasteiger partial charge in [-0.2, -0.15) is 5.10 Å². The summed E-state index contributed by atoms with van der Waals surface area (Å²) in [4.78, 5) is 24.4. The van der Waals surface area contributed by atoms with Crippen molar-refractivity contribution in [1.82, 2.24) is 14.8 Å². The third-order valence-electron chi connectivity index (χ3n) is 5.04. The number of aromatic nitrogens is 3. The highest BCUT2D eigenvalue weighted by Crippen LogP contribution is 2.35. The van der Waals surface area contributed by atoms with E-state index < -0.39 is 21.6 Å². The van der Waals surface area contributed by atoms with Crippen molar-refractivity contribution in [2.75, 3.05) is 30.8 Å². The molecule has 1 aromatic rings. The Bertz CT molecular complexity index is 1250. The lowest BCUT2D eigenvalue weighted by Gasteiger charge is -2.30. The normalized spacial score (nSPS) is 15.9. The summed E-state index contributed by atoms with van der Waals surface area (Å²) in [5.41, 5.74) is 1.01. The number of carbonyl (C=O) groups excluding carboxylic acids is 1. The number of ether oxygens (including phenoxy) is 2. The summed E-state index contributed by atoms with van der Waals surface area (Å²) in [5, 5.41) is 6.23. The lowest BCUT2D eigenvalue weighted by molar-refractivity contribution is 0.0600. The lowest BCUT2D eigenvalue weighted by Crippen LogP contribution is -2.38. The van der Waals surface area contributed by atoms with Crippen LogP contribution in [0.5, 0.6) is 5.75 Å². The number of methoxy groups -OCH3 is 2. The maximum Gasteiger partial charge on any atom is 0.341 e. The fourth-order valence-electron chi connectivity index (χ4n) is 3.54. The second kappa shape index (κ2) is 7.48. The molecule has 0 spiro atoms. The number of nitrogens with one attached hydrogen (secondary N) is 1. The van der Waals surface area contributed by atoms with Gasteiger partial charge in [-0.1, -0.05) is 0 Å². The SMILES string of the molecule is COC(=O)c1cn(-c2ccc(OC)c(N3CCCCS3(=O)=O)c2)cc2c(=O)[nH]nc1-2. The van der Waals surface area contributed by atoms with Gasteiger partial charge < -0.3 is 14.0 Å². The summed E-state index contributed by atoms with van der Waals surface area (Å²) in [6.45, 7) is 0.353. The molecule has 0 aromatic heterocycles. The molecular weight excluding hydrogens is 412 g/mol. The van der Waals surface area contributed by atoms with Crippen LogP contribution in [0.1, 0.15) is 23.2 Å². The quantitative estimate of drug-likeness (QED) is 0.618. The number of carbonyl (C=O) groups is 1. The highest BCUT2D eigenvalue weighted by atomic mass is 32.2. The zero-order chi connectivity index (χ0) is 21.5. The van der Waals surface area contributed by atoms with Gasteiger partial charge in [0, 0.05) is 24.6 Å². The first-order valence-corrected chi connectivity index (χ1v) is 10.8. The molecule has 3 heterocycles. The fourth-order valence-corrected chi connectivity index (χ4v) is 5.18. The minimum absolute atomic E-state index is 0.0700. The first-order valence-electron chi connectivity index (χ1n) is 9.23. The minimum Gasteiger partial charge on any atom is -0.495 e. The van der Waals surface area contributed by atoms with E-state index in [4.69, 9.17) is 9.47 Å². The van der Waals surface area contributed by atoms with E-state index in [9.17, 15) is 18.0 Å². The van der Waals surface area contributed by atoms with Crippen LogP contribution >= 0.6 is 0 Å². The number of hydrogen-bond acceptors (Lipinski definition) is 7. The van der Waals surface area contributed by atoms with Gasteiger partial charge in [0.25, 0.3) is 5.56 Å². The predicted molar refractivity (Wildman–Crippen MR) is 109 cm³/mol. The van der Waals surface area contributed by atoms with Crippen molar-refractivity contribution >= 4 is 21.7 Å². The second-order valence-electron chi connectivity index (χ2n) is 6.84. The first-order chi connectivity index (χ1) is 14.4. The van der Waals surface area contributed by atoms with Gasteiger partial charge in [-0.3, -0.25) is 9.10 Å². The Hall–Kier alpha value is -3.34. The van der Waals surface area contributed by atoms with Crippen LogP contribution in [-0.4, -0.2) is 55.7 Å². The monoisotopic (exact) mass is 432 g/mol. The van der Waals surface area contributed by atoms with Crippen molar-refractivity contribution in [3.05, 3.63) is 46.5 Å². The van der Waals surface area contributed by atoms with E-state index in [1.807, 2.05) is 0 Å². The van der Waals surface area contributed by atoms with Crippen molar-refractivity contribution in [3.8, 4) is 22.7 Å². The summed E-state index contributed by atoms with van der Waals surface area (Å²) in [6.07, 6.45) is 4.38. The van der Waals surface area contributed by atoms with Gasteiger partial charge in [-0.05, 0) is 31.0 Å². The van der Waals surface area contributed by atoms with Gasteiger partial charge in [0.1, 0.15) is 17.0 Å². The average molecular weight is 432 g/mol. The third kappa shape index (κ3) is 3.30. The van der Waals surface area contributed by atoms with Gasteiger partial charge in [-0.15, -0.1) is 0 Å². The average Bonchev–Trinajstić information content (AvgIpc) is 3.12. The van der Waals surface area contributed by atoms with Crippen molar-refractivity contribution in [1.29, 1.82) is 0 Å². The molecule has 1 N–H and O–H groups in total. The molecule has 10 nitrogen and oxygen atoms in total. The molecule has 0 atom stereocenters. The second-order valence-corrected chi connectivity index (χ2v) is 8.85. The molecule has 0 amide bonds. The van der Waals surface area contributed by atoms with Crippen molar-refractivity contribution < 1.29 is 22.7 Å². The largest absolute Gasteiger partial charge is 0.495 e. The molecule has 3 aliphatic heterocycles. The van der Waals surface area contributed by atoms with Crippen molar-refractivity contribution in [2.24, 2.45) is 0 Å². The number of benzene rings is 1. The van der Waals surface area contributed by atoms with E-state index in [-0.39, 0.29) is 22.6 Å². The number of rotatable bonds is 4. The number of esters is 1. The van der Waals surface area contributed by atoms with Crippen molar-refractivity contribution in [2.45, 2.75) is 12.8 Å². The van der Waals surface area contributed by atoms with Crippen LogP contribution in [0.25, 0.3) is 16.9 Å². The summed E-state index contributed by atoms with van der Waals surface area (Å²) in [6, 6.07) is 5.01. The lowest BCUT2D eigenvalue weighted by atomic mass is 10.1. The van der Waals surface area contributed by atoms with E-state index in [0.717, 1.165) is 6.42 Å².